The maximum Gasteiger partial charge on any atom is 0.104 e. The molecule has 1 aromatic carbocycles. The highest BCUT2D eigenvalue weighted by Gasteiger charge is 2.23. The topological polar surface area (TPSA) is 38.9 Å². The minimum Gasteiger partial charge on any atom is -0.397 e. The van der Waals surface area contributed by atoms with Crippen LogP contribution in [0.1, 0.15) is 30.2 Å². The van der Waals surface area contributed by atoms with E-state index in [1.807, 2.05) is 12.1 Å². The van der Waals surface area contributed by atoms with Gasteiger partial charge in [-0.2, -0.15) is 0 Å². The van der Waals surface area contributed by atoms with Gasteiger partial charge in [-0.15, -0.1) is 11.3 Å². The van der Waals surface area contributed by atoms with Crippen molar-refractivity contribution in [3.8, 4) is 0 Å². The molecule has 3 rings (SSSR count). The Kier molecular flexibility index (Phi) is 1.74. The molecule has 1 heterocycles. The summed E-state index contributed by atoms with van der Waals surface area (Å²) in [6.45, 7) is 0. The van der Waals surface area contributed by atoms with Gasteiger partial charge in [0.05, 0.1) is 15.4 Å². The molecule has 0 unspecified atom stereocenters. The molecule has 2 aromatic rings. The molecule has 1 fully saturated rings. The molecule has 0 bridgehead atoms. The van der Waals surface area contributed by atoms with Crippen molar-refractivity contribution in [2.75, 3.05) is 5.73 Å². The van der Waals surface area contributed by atoms with Gasteiger partial charge < -0.3 is 5.73 Å². The average Bonchev–Trinajstić information content (AvgIpc) is 2.46. The third kappa shape index (κ3) is 1.12. The molecule has 1 aromatic heterocycles. The van der Waals surface area contributed by atoms with Gasteiger partial charge in [0.2, 0.25) is 0 Å². The van der Waals surface area contributed by atoms with Crippen molar-refractivity contribution in [1.29, 1.82) is 0 Å². The van der Waals surface area contributed by atoms with Gasteiger partial charge in [-0.25, -0.2) is 4.98 Å². The molecule has 3 heteroatoms. The van der Waals surface area contributed by atoms with Gasteiger partial charge in [-0.1, -0.05) is 12.5 Å². The number of hydrogen-bond acceptors (Lipinski definition) is 3. The van der Waals surface area contributed by atoms with Crippen LogP contribution in [0.4, 0.5) is 5.69 Å². The fourth-order valence-electron chi connectivity index (χ4n) is 1.82. The van der Waals surface area contributed by atoms with Crippen LogP contribution < -0.4 is 5.73 Å². The van der Waals surface area contributed by atoms with Crippen LogP contribution in [0, 0.1) is 0 Å². The van der Waals surface area contributed by atoms with Crippen molar-refractivity contribution < 1.29 is 0 Å². The Bertz CT molecular complexity index is 471. The largest absolute Gasteiger partial charge is 0.397 e. The van der Waals surface area contributed by atoms with Crippen LogP contribution in [0.5, 0.6) is 0 Å². The molecule has 1 saturated carbocycles. The highest BCUT2D eigenvalue weighted by atomic mass is 32.1. The standard InChI is InChI=1S/C11H12N2S/c12-8-5-2-6-9-10(8)13-11(14-9)7-3-1-4-7/h2,5-7H,1,3-4,12H2. The third-order valence-corrected chi connectivity index (χ3v) is 4.10. The van der Waals surface area contributed by atoms with E-state index >= 15 is 0 Å². The smallest absolute Gasteiger partial charge is 0.104 e. The second-order valence-electron chi connectivity index (χ2n) is 3.87. The number of nitrogen functional groups attached to an aromatic ring is 1. The molecule has 0 radical (unpaired) electrons. The van der Waals surface area contributed by atoms with E-state index < -0.39 is 0 Å². The second kappa shape index (κ2) is 2.95. The first-order chi connectivity index (χ1) is 6.84. The van der Waals surface area contributed by atoms with E-state index in [2.05, 4.69) is 11.1 Å². The predicted octanol–water partition coefficient (Wildman–Crippen LogP) is 3.15. The Labute approximate surface area is 86.8 Å². The molecule has 14 heavy (non-hydrogen) atoms. The van der Waals surface area contributed by atoms with E-state index in [-0.39, 0.29) is 0 Å². The number of para-hydroxylation sites is 1. The summed E-state index contributed by atoms with van der Waals surface area (Å²) in [5.41, 5.74) is 7.68. The summed E-state index contributed by atoms with van der Waals surface area (Å²) in [5.74, 6) is 0.715. The van der Waals surface area contributed by atoms with Crippen LogP contribution in [0.3, 0.4) is 0 Å². The van der Waals surface area contributed by atoms with Gasteiger partial charge >= 0.3 is 0 Å². The number of fused-ring (bicyclic) bond motifs is 1. The Morgan fingerprint density at radius 1 is 1.36 bits per heavy atom. The second-order valence-corrected chi connectivity index (χ2v) is 4.94. The average molecular weight is 204 g/mol. The lowest BCUT2D eigenvalue weighted by molar-refractivity contribution is 0.419. The van der Waals surface area contributed by atoms with Crippen LogP contribution in [-0.4, -0.2) is 4.98 Å². The minimum atomic E-state index is 0.715. The third-order valence-electron chi connectivity index (χ3n) is 2.92. The quantitative estimate of drug-likeness (QED) is 0.725. The molecule has 0 saturated heterocycles. The van der Waals surface area contributed by atoms with Gasteiger partial charge in [-0.05, 0) is 25.0 Å². The number of anilines is 1. The number of hydrogen-bond donors (Lipinski definition) is 1. The number of thiazole rings is 1. The van der Waals surface area contributed by atoms with Crippen molar-refractivity contribution in [2.45, 2.75) is 25.2 Å². The van der Waals surface area contributed by atoms with Crippen LogP contribution >= 0.6 is 11.3 Å². The number of aromatic nitrogens is 1. The fraction of sp³-hybridized carbons (Fsp3) is 0.364. The maximum atomic E-state index is 5.87. The first kappa shape index (κ1) is 8.24. The van der Waals surface area contributed by atoms with Crippen LogP contribution in [0.25, 0.3) is 10.2 Å². The summed E-state index contributed by atoms with van der Waals surface area (Å²) in [4.78, 5) is 4.63. The van der Waals surface area contributed by atoms with Crippen molar-refractivity contribution in [3.05, 3.63) is 23.2 Å². The molecule has 1 aliphatic carbocycles. The lowest BCUT2D eigenvalue weighted by atomic mass is 9.86. The number of benzene rings is 1. The molecule has 2 nitrogen and oxygen atoms in total. The summed E-state index contributed by atoms with van der Waals surface area (Å²) in [5, 5.41) is 1.28. The fourth-order valence-corrected chi connectivity index (χ4v) is 2.99. The first-order valence-electron chi connectivity index (χ1n) is 4.99. The van der Waals surface area contributed by atoms with Crippen LogP contribution in [-0.2, 0) is 0 Å². The molecule has 0 amide bonds. The summed E-state index contributed by atoms with van der Waals surface area (Å²) < 4.78 is 1.23. The van der Waals surface area contributed by atoms with Gasteiger partial charge in [-0.3, -0.25) is 0 Å². The maximum absolute atomic E-state index is 5.87. The number of nitrogens with two attached hydrogens (primary N) is 1. The first-order valence-corrected chi connectivity index (χ1v) is 5.81. The Morgan fingerprint density at radius 3 is 2.86 bits per heavy atom. The summed E-state index contributed by atoms with van der Waals surface area (Å²) in [6, 6.07) is 6.03. The van der Waals surface area contributed by atoms with Crippen LogP contribution in [0.15, 0.2) is 18.2 Å². The number of nitrogens with zero attached hydrogens (tertiary/aromatic N) is 1. The number of rotatable bonds is 1. The Balaban J connectivity index is 2.15. The van der Waals surface area contributed by atoms with Crippen molar-refractivity contribution in [2.24, 2.45) is 0 Å². The monoisotopic (exact) mass is 204 g/mol. The van der Waals surface area contributed by atoms with E-state index in [0.29, 0.717) is 5.92 Å². The van der Waals surface area contributed by atoms with E-state index in [1.54, 1.807) is 11.3 Å². The van der Waals surface area contributed by atoms with Gasteiger partial charge in [0.25, 0.3) is 0 Å². The van der Waals surface area contributed by atoms with Gasteiger partial charge in [0.1, 0.15) is 5.52 Å². The SMILES string of the molecule is Nc1cccc2sc(C3CCC3)nc12. The molecule has 1 aliphatic rings. The zero-order chi connectivity index (χ0) is 9.54. The van der Waals surface area contributed by atoms with Crippen molar-refractivity contribution >= 4 is 27.2 Å². The van der Waals surface area contributed by atoms with Crippen molar-refractivity contribution in [3.63, 3.8) is 0 Å². The van der Waals surface area contributed by atoms with Gasteiger partial charge in [0.15, 0.2) is 0 Å². The summed E-state index contributed by atoms with van der Waals surface area (Å²) >= 11 is 1.80. The zero-order valence-corrected chi connectivity index (χ0v) is 8.68. The summed E-state index contributed by atoms with van der Waals surface area (Å²) in [6.07, 6.45) is 3.97. The lowest BCUT2D eigenvalue weighted by Crippen LogP contribution is -2.07. The van der Waals surface area contributed by atoms with E-state index in [1.165, 1.54) is 29.0 Å². The van der Waals surface area contributed by atoms with Gasteiger partial charge in [0, 0.05) is 5.92 Å². The molecule has 0 atom stereocenters. The predicted molar refractivity (Wildman–Crippen MR) is 60.6 cm³/mol. The van der Waals surface area contributed by atoms with Crippen LogP contribution in [0.2, 0.25) is 0 Å². The van der Waals surface area contributed by atoms with E-state index in [0.717, 1.165) is 11.2 Å². The molecular formula is C11H12N2S. The van der Waals surface area contributed by atoms with E-state index in [4.69, 9.17) is 5.73 Å². The minimum absolute atomic E-state index is 0.715. The Hall–Kier alpha value is -1.09. The lowest BCUT2D eigenvalue weighted by Gasteiger charge is -2.22. The molecule has 2 N–H and O–H groups in total. The highest BCUT2D eigenvalue weighted by Crippen LogP contribution is 2.40. The zero-order valence-electron chi connectivity index (χ0n) is 7.86. The molecule has 0 aliphatic heterocycles. The Morgan fingerprint density at radius 2 is 2.21 bits per heavy atom. The normalized spacial score (nSPS) is 17.1. The molecule has 0 spiro atoms. The molecular weight excluding hydrogens is 192 g/mol. The highest BCUT2D eigenvalue weighted by molar-refractivity contribution is 7.18. The van der Waals surface area contributed by atoms with Crippen molar-refractivity contribution in [1.82, 2.24) is 4.98 Å². The molecule has 72 valence electrons. The summed E-state index contributed by atoms with van der Waals surface area (Å²) in [7, 11) is 0. The van der Waals surface area contributed by atoms with E-state index in [9.17, 15) is 0 Å².